The van der Waals surface area contributed by atoms with Gasteiger partial charge in [0, 0.05) is 26.2 Å². The summed E-state index contributed by atoms with van der Waals surface area (Å²) >= 11 is 0. The second kappa shape index (κ2) is 9.38. The number of piperazine rings is 1. The third-order valence-corrected chi connectivity index (χ3v) is 5.17. The van der Waals surface area contributed by atoms with Crippen LogP contribution in [0.2, 0.25) is 0 Å². The smallest absolute Gasteiger partial charge is 0.289 e. The molecule has 1 saturated heterocycles. The van der Waals surface area contributed by atoms with Crippen molar-refractivity contribution in [3.05, 3.63) is 90.3 Å². The second-order valence-electron chi connectivity index (χ2n) is 7.22. The summed E-state index contributed by atoms with van der Waals surface area (Å²) in [6.45, 7) is 5.76. The first-order valence-electron chi connectivity index (χ1n) is 10.2. The summed E-state index contributed by atoms with van der Waals surface area (Å²) in [7, 11) is 0. The normalized spacial score (nSPS) is 13.8. The van der Waals surface area contributed by atoms with Crippen LogP contribution in [0.4, 0.5) is 0 Å². The number of furan rings is 2. The van der Waals surface area contributed by atoms with Crippen molar-refractivity contribution in [3.63, 3.8) is 0 Å². The van der Waals surface area contributed by atoms with Crippen molar-refractivity contribution in [1.82, 2.24) is 9.80 Å². The number of hydrogen-bond acceptors (Lipinski definition) is 5. The molecule has 0 atom stereocenters. The summed E-state index contributed by atoms with van der Waals surface area (Å²) in [5.41, 5.74) is 1.04. The lowest BCUT2D eigenvalue weighted by molar-refractivity contribution is 0.0500. The molecule has 31 heavy (non-hydrogen) atoms. The molecule has 1 fully saturated rings. The molecule has 1 aliphatic heterocycles. The van der Waals surface area contributed by atoms with E-state index in [1.165, 1.54) is 6.26 Å². The molecule has 0 aliphatic carbocycles. The molecule has 160 valence electrons. The molecule has 0 N–H and O–H groups in total. The lowest BCUT2D eigenvalue weighted by Crippen LogP contribution is -2.50. The van der Waals surface area contributed by atoms with E-state index in [4.69, 9.17) is 13.6 Å². The van der Waals surface area contributed by atoms with E-state index in [1.807, 2.05) is 30.3 Å². The van der Waals surface area contributed by atoms with Gasteiger partial charge in [-0.1, -0.05) is 24.3 Å². The number of benzene rings is 1. The first-order chi connectivity index (χ1) is 15.2. The maximum absolute atomic E-state index is 12.8. The van der Waals surface area contributed by atoms with Crippen LogP contribution in [0, 0.1) is 0 Å². The minimum Gasteiger partial charge on any atom is -0.485 e. The van der Waals surface area contributed by atoms with Crippen molar-refractivity contribution in [1.29, 1.82) is 0 Å². The Morgan fingerprint density at radius 3 is 2.32 bits per heavy atom. The molecule has 7 nitrogen and oxygen atoms in total. The highest BCUT2D eigenvalue weighted by molar-refractivity contribution is 5.93. The average molecular weight is 420 g/mol. The predicted octanol–water partition coefficient (Wildman–Crippen LogP) is 3.78. The van der Waals surface area contributed by atoms with E-state index in [-0.39, 0.29) is 24.2 Å². The molecule has 7 heteroatoms. The van der Waals surface area contributed by atoms with E-state index >= 15 is 0 Å². The molecular weight excluding hydrogens is 396 g/mol. The van der Waals surface area contributed by atoms with Crippen LogP contribution in [0.25, 0.3) is 0 Å². The highest BCUT2D eigenvalue weighted by Crippen LogP contribution is 2.21. The van der Waals surface area contributed by atoms with Gasteiger partial charge in [-0.3, -0.25) is 9.59 Å². The predicted molar refractivity (Wildman–Crippen MR) is 114 cm³/mol. The molecule has 2 amide bonds. The molecule has 2 aromatic heterocycles. The average Bonchev–Trinajstić information content (AvgIpc) is 3.50. The van der Waals surface area contributed by atoms with Gasteiger partial charge >= 0.3 is 0 Å². The van der Waals surface area contributed by atoms with E-state index in [9.17, 15) is 9.59 Å². The number of allylic oxidation sites excluding steroid dienone is 1. The van der Waals surface area contributed by atoms with Crippen molar-refractivity contribution >= 4 is 11.8 Å². The lowest BCUT2D eigenvalue weighted by atomic mass is 10.1. The number of carbonyl (C=O) groups excluding carboxylic acids is 2. The van der Waals surface area contributed by atoms with Gasteiger partial charge in [0.15, 0.2) is 11.5 Å². The monoisotopic (exact) mass is 420 g/mol. The molecule has 3 heterocycles. The van der Waals surface area contributed by atoms with E-state index < -0.39 is 0 Å². The van der Waals surface area contributed by atoms with E-state index in [1.54, 1.807) is 34.1 Å². The van der Waals surface area contributed by atoms with Crippen LogP contribution in [0.1, 0.15) is 32.4 Å². The van der Waals surface area contributed by atoms with Gasteiger partial charge in [0.05, 0.1) is 6.26 Å². The first-order valence-corrected chi connectivity index (χ1v) is 10.2. The van der Waals surface area contributed by atoms with E-state index in [0.717, 1.165) is 11.3 Å². The zero-order valence-corrected chi connectivity index (χ0v) is 17.2. The maximum atomic E-state index is 12.8. The summed E-state index contributed by atoms with van der Waals surface area (Å²) in [5, 5.41) is 0. The van der Waals surface area contributed by atoms with Crippen molar-refractivity contribution in [2.24, 2.45) is 0 Å². The summed E-state index contributed by atoms with van der Waals surface area (Å²) < 4.78 is 16.8. The molecule has 0 unspecified atom stereocenters. The highest BCUT2D eigenvalue weighted by Gasteiger charge is 2.27. The fourth-order valence-corrected chi connectivity index (χ4v) is 3.51. The van der Waals surface area contributed by atoms with Crippen LogP contribution in [-0.2, 0) is 13.0 Å². The Bertz CT molecular complexity index is 1050. The zero-order valence-electron chi connectivity index (χ0n) is 17.2. The summed E-state index contributed by atoms with van der Waals surface area (Å²) in [5.74, 6) is 1.57. The van der Waals surface area contributed by atoms with Gasteiger partial charge in [-0.05, 0) is 42.3 Å². The fourth-order valence-electron chi connectivity index (χ4n) is 3.51. The summed E-state index contributed by atoms with van der Waals surface area (Å²) in [6.07, 6.45) is 4.02. The number of hydrogen-bond donors (Lipinski definition) is 0. The molecule has 1 aliphatic rings. The van der Waals surface area contributed by atoms with Crippen LogP contribution in [0.15, 0.2) is 76.3 Å². The van der Waals surface area contributed by atoms with Gasteiger partial charge in [0.25, 0.3) is 11.8 Å². The minimum atomic E-state index is -0.191. The molecule has 0 spiro atoms. The van der Waals surface area contributed by atoms with Gasteiger partial charge in [-0.2, -0.15) is 0 Å². The van der Waals surface area contributed by atoms with Crippen molar-refractivity contribution in [3.8, 4) is 5.75 Å². The minimum absolute atomic E-state index is 0.161. The molecule has 4 rings (SSSR count). The summed E-state index contributed by atoms with van der Waals surface area (Å²) in [4.78, 5) is 28.5. The number of rotatable bonds is 7. The largest absolute Gasteiger partial charge is 0.485 e. The summed E-state index contributed by atoms with van der Waals surface area (Å²) in [6, 6.07) is 14.5. The third kappa shape index (κ3) is 4.71. The Morgan fingerprint density at radius 2 is 1.65 bits per heavy atom. The highest BCUT2D eigenvalue weighted by atomic mass is 16.5. The second-order valence-corrected chi connectivity index (χ2v) is 7.22. The Balaban J connectivity index is 1.32. The Morgan fingerprint density at radius 1 is 0.935 bits per heavy atom. The molecule has 0 radical (unpaired) electrons. The van der Waals surface area contributed by atoms with Gasteiger partial charge in [0.1, 0.15) is 18.1 Å². The standard InChI is InChI=1S/C24H24N2O5/c1-2-6-18-7-3-4-8-20(18)30-17-19-10-11-22(31-19)24(28)26-14-12-25(13-15-26)23(27)21-9-5-16-29-21/h2-5,7-11,16H,1,6,12-15,17H2. The van der Waals surface area contributed by atoms with Crippen LogP contribution in [0.3, 0.4) is 0 Å². The lowest BCUT2D eigenvalue weighted by Gasteiger charge is -2.33. The van der Waals surface area contributed by atoms with Crippen molar-refractivity contribution in [2.75, 3.05) is 26.2 Å². The molecule has 3 aromatic rings. The van der Waals surface area contributed by atoms with Gasteiger partial charge in [0.2, 0.25) is 0 Å². The molecule has 0 bridgehead atoms. The topological polar surface area (TPSA) is 76.1 Å². The molecular formula is C24H24N2O5. The van der Waals surface area contributed by atoms with Gasteiger partial charge in [-0.15, -0.1) is 6.58 Å². The van der Waals surface area contributed by atoms with Crippen LogP contribution in [0.5, 0.6) is 5.75 Å². The fraction of sp³-hybridized carbons (Fsp3) is 0.250. The number of ether oxygens (including phenoxy) is 1. The van der Waals surface area contributed by atoms with E-state index in [0.29, 0.717) is 44.1 Å². The maximum Gasteiger partial charge on any atom is 0.289 e. The number of amides is 2. The van der Waals surface area contributed by atoms with Crippen molar-refractivity contribution < 1.29 is 23.2 Å². The molecule has 0 saturated carbocycles. The van der Waals surface area contributed by atoms with Crippen LogP contribution in [-0.4, -0.2) is 47.8 Å². The first kappa shape index (κ1) is 20.5. The number of para-hydroxylation sites is 1. The zero-order chi connectivity index (χ0) is 21.6. The number of nitrogens with zero attached hydrogens (tertiary/aromatic N) is 2. The Labute approximate surface area is 180 Å². The van der Waals surface area contributed by atoms with Crippen LogP contribution >= 0.6 is 0 Å². The van der Waals surface area contributed by atoms with Crippen molar-refractivity contribution in [2.45, 2.75) is 13.0 Å². The van der Waals surface area contributed by atoms with E-state index in [2.05, 4.69) is 6.58 Å². The number of carbonyl (C=O) groups is 2. The SMILES string of the molecule is C=CCc1ccccc1OCc1ccc(C(=O)N2CCN(C(=O)c3ccco3)CC2)o1. The Hall–Kier alpha value is -3.74. The quantitative estimate of drug-likeness (QED) is 0.544. The third-order valence-electron chi connectivity index (χ3n) is 5.17. The Kier molecular flexibility index (Phi) is 6.21. The van der Waals surface area contributed by atoms with Crippen LogP contribution < -0.4 is 4.74 Å². The van der Waals surface area contributed by atoms with Gasteiger partial charge < -0.3 is 23.4 Å². The van der Waals surface area contributed by atoms with Gasteiger partial charge in [-0.25, -0.2) is 0 Å². The molecule has 1 aromatic carbocycles.